The normalized spacial score (nSPS) is 13.7. The van der Waals surface area contributed by atoms with Gasteiger partial charge in [-0.05, 0) is 70.6 Å². The SMILES string of the molecule is COCCCn1c(-c2csc(-c3ccc(C)nc3)n2)cc(C(=O)NCCC2=CCCCC2)c1C. The topological polar surface area (TPSA) is 69.0 Å². The molecule has 0 radical (unpaired) electrons. The minimum absolute atomic E-state index is 0.0150. The van der Waals surface area contributed by atoms with Crippen LogP contribution in [0.2, 0.25) is 0 Å². The van der Waals surface area contributed by atoms with Crippen LogP contribution in [0.4, 0.5) is 0 Å². The number of methoxy groups -OCH3 is 1. The third kappa shape index (κ3) is 5.83. The average molecular weight is 479 g/mol. The molecule has 0 fully saturated rings. The number of nitrogens with zero attached hydrogens (tertiary/aromatic N) is 3. The number of aromatic nitrogens is 3. The first kappa shape index (κ1) is 24.4. The number of carbonyl (C=O) groups excluding carboxylic acids is 1. The Hall–Kier alpha value is -2.77. The molecule has 3 heterocycles. The van der Waals surface area contributed by atoms with Gasteiger partial charge in [-0.3, -0.25) is 9.78 Å². The van der Waals surface area contributed by atoms with Crippen LogP contribution in [0.25, 0.3) is 22.0 Å². The lowest BCUT2D eigenvalue weighted by Crippen LogP contribution is -2.25. The Bertz CT molecular complexity index is 1140. The van der Waals surface area contributed by atoms with Crippen LogP contribution in [0.5, 0.6) is 0 Å². The van der Waals surface area contributed by atoms with Crippen molar-refractivity contribution in [3.05, 3.63) is 58.4 Å². The van der Waals surface area contributed by atoms with Crippen LogP contribution in [0.3, 0.4) is 0 Å². The number of hydrogen-bond acceptors (Lipinski definition) is 5. The predicted octanol–water partition coefficient (Wildman–Crippen LogP) is 5.95. The van der Waals surface area contributed by atoms with Crippen molar-refractivity contribution in [1.29, 1.82) is 0 Å². The number of thiazole rings is 1. The molecule has 3 aromatic heterocycles. The summed E-state index contributed by atoms with van der Waals surface area (Å²) in [5.74, 6) is -0.0150. The van der Waals surface area contributed by atoms with Crippen LogP contribution in [0.1, 0.15) is 60.3 Å². The standard InChI is InChI=1S/C27H34N4O2S/c1-19-10-11-22(17-29-19)27-30-24(18-34-27)25-16-23(20(2)31(25)14-7-15-33-3)26(32)28-13-12-21-8-5-4-6-9-21/h8,10-11,16-18H,4-7,9,12-15H2,1-3H3,(H,28,32). The molecule has 3 aromatic rings. The average Bonchev–Trinajstić information content (AvgIpc) is 3.46. The maximum atomic E-state index is 13.1. The van der Waals surface area contributed by atoms with E-state index in [4.69, 9.17) is 9.72 Å². The summed E-state index contributed by atoms with van der Waals surface area (Å²) in [5.41, 5.74) is 7.00. The molecule has 0 aliphatic heterocycles. The molecule has 6 nitrogen and oxygen atoms in total. The smallest absolute Gasteiger partial charge is 0.253 e. The molecule has 7 heteroatoms. The van der Waals surface area contributed by atoms with E-state index in [1.165, 1.54) is 24.8 Å². The van der Waals surface area contributed by atoms with Gasteiger partial charge in [0.15, 0.2) is 0 Å². The third-order valence-corrected chi connectivity index (χ3v) is 7.27. The second-order valence-corrected chi connectivity index (χ2v) is 9.72. The van der Waals surface area contributed by atoms with Crippen LogP contribution in [-0.2, 0) is 11.3 Å². The van der Waals surface area contributed by atoms with E-state index in [2.05, 4.69) is 32.4 Å². The lowest BCUT2D eigenvalue weighted by molar-refractivity contribution is 0.0953. The van der Waals surface area contributed by atoms with E-state index in [9.17, 15) is 4.79 Å². The highest BCUT2D eigenvalue weighted by Crippen LogP contribution is 2.31. The van der Waals surface area contributed by atoms with E-state index in [-0.39, 0.29) is 5.91 Å². The molecule has 0 saturated heterocycles. The highest BCUT2D eigenvalue weighted by molar-refractivity contribution is 7.13. The molecule has 34 heavy (non-hydrogen) atoms. The van der Waals surface area contributed by atoms with Crippen molar-refractivity contribution < 1.29 is 9.53 Å². The molecule has 1 aliphatic carbocycles. The lowest BCUT2D eigenvalue weighted by Gasteiger charge is -2.13. The van der Waals surface area contributed by atoms with Crippen molar-refractivity contribution in [2.45, 2.75) is 58.9 Å². The molecule has 0 bridgehead atoms. The number of aryl methyl sites for hydroxylation is 1. The highest BCUT2D eigenvalue weighted by Gasteiger charge is 2.20. The van der Waals surface area contributed by atoms with E-state index in [1.807, 2.05) is 32.2 Å². The van der Waals surface area contributed by atoms with Gasteiger partial charge in [-0.2, -0.15) is 0 Å². The van der Waals surface area contributed by atoms with Gasteiger partial charge >= 0.3 is 0 Å². The molecule has 0 aromatic carbocycles. The first-order chi connectivity index (χ1) is 16.6. The zero-order chi connectivity index (χ0) is 23.9. The molecule has 4 rings (SSSR count). The largest absolute Gasteiger partial charge is 0.385 e. The van der Waals surface area contributed by atoms with E-state index in [0.717, 1.165) is 64.7 Å². The Balaban J connectivity index is 1.55. The number of ether oxygens (including phenoxy) is 1. The molecular weight excluding hydrogens is 444 g/mol. The van der Waals surface area contributed by atoms with Crippen LogP contribution >= 0.6 is 11.3 Å². The van der Waals surface area contributed by atoms with Gasteiger partial charge in [0.25, 0.3) is 5.91 Å². The highest BCUT2D eigenvalue weighted by atomic mass is 32.1. The van der Waals surface area contributed by atoms with E-state index < -0.39 is 0 Å². The van der Waals surface area contributed by atoms with Crippen molar-refractivity contribution in [3.8, 4) is 22.0 Å². The quantitative estimate of drug-likeness (QED) is 0.289. The van der Waals surface area contributed by atoms with E-state index >= 15 is 0 Å². The molecule has 180 valence electrons. The summed E-state index contributed by atoms with van der Waals surface area (Å²) >= 11 is 1.60. The number of nitrogens with one attached hydrogen (secondary N) is 1. The zero-order valence-corrected chi connectivity index (χ0v) is 21.2. The Kier molecular flexibility index (Phi) is 8.29. The third-order valence-electron chi connectivity index (χ3n) is 6.38. The number of rotatable bonds is 10. The van der Waals surface area contributed by atoms with Crippen molar-refractivity contribution in [2.75, 3.05) is 20.3 Å². The van der Waals surface area contributed by atoms with Gasteiger partial charge < -0.3 is 14.6 Å². The summed E-state index contributed by atoms with van der Waals surface area (Å²) in [6, 6.07) is 6.04. The minimum Gasteiger partial charge on any atom is -0.385 e. The maximum Gasteiger partial charge on any atom is 0.253 e. The fourth-order valence-electron chi connectivity index (χ4n) is 4.42. The number of amides is 1. The molecule has 1 aliphatic rings. The molecular formula is C27H34N4O2S. The Labute approximate surface area is 206 Å². The predicted molar refractivity (Wildman–Crippen MR) is 138 cm³/mol. The van der Waals surface area contributed by atoms with Crippen LogP contribution in [-0.4, -0.2) is 40.7 Å². The molecule has 0 unspecified atom stereocenters. The van der Waals surface area contributed by atoms with Crippen LogP contribution < -0.4 is 5.32 Å². The van der Waals surface area contributed by atoms with Gasteiger partial charge in [0.1, 0.15) is 5.01 Å². The van der Waals surface area contributed by atoms with Gasteiger partial charge in [0, 0.05) is 55.3 Å². The van der Waals surface area contributed by atoms with Gasteiger partial charge in [-0.25, -0.2) is 4.98 Å². The van der Waals surface area contributed by atoms with Crippen LogP contribution in [0.15, 0.2) is 41.4 Å². The fraction of sp³-hybridized carbons (Fsp3) is 0.444. The maximum absolute atomic E-state index is 13.1. The number of hydrogen-bond donors (Lipinski definition) is 1. The van der Waals surface area contributed by atoms with Gasteiger partial charge in [0.2, 0.25) is 0 Å². The Morgan fingerprint density at radius 2 is 2.15 bits per heavy atom. The molecule has 0 saturated carbocycles. The second-order valence-electron chi connectivity index (χ2n) is 8.87. The first-order valence-corrected chi connectivity index (χ1v) is 13.0. The van der Waals surface area contributed by atoms with E-state index in [1.54, 1.807) is 18.4 Å². The summed E-state index contributed by atoms with van der Waals surface area (Å²) in [4.78, 5) is 22.4. The Morgan fingerprint density at radius 1 is 1.26 bits per heavy atom. The Morgan fingerprint density at radius 3 is 2.88 bits per heavy atom. The summed E-state index contributed by atoms with van der Waals surface area (Å²) < 4.78 is 7.47. The van der Waals surface area contributed by atoms with Crippen molar-refractivity contribution in [3.63, 3.8) is 0 Å². The minimum atomic E-state index is -0.0150. The van der Waals surface area contributed by atoms with Crippen molar-refractivity contribution in [1.82, 2.24) is 19.9 Å². The summed E-state index contributed by atoms with van der Waals surface area (Å²) in [5, 5.41) is 6.13. The summed E-state index contributed by atoms with van der Waals surface area (Å²) in [6.07, 6.45) is 10.9. The van der Waals surface area contributed by atoms with Crippen molar-refractivity contribution in [2.24, 2.45) is 0 Å². The summed E-state index contributed by atoms with van der Waals surface area (Å²) in [7, 11) is 1.71. The van der Waals surface area contributed by atoms with Gasteiger partial charge in [-0.15, -0.1) is 11.3 Å². The monoisotopic (exact) mass is 478 g/mol. The molecule has 1 amide bonds. The second kappa shape index (κ2) is 11.6. The number of carbonyl (C=O) groups is 1. The number of allylic oxidation sites excluding steroid dienone is 1. The molecule has 1 N–H and O–H groups in total. The van der Waals surface area contributed by atoms with Crippen molar-refractivity contribution >= 4 is 17.2 Å². The number of pyridine rings is 1. The van der Waals surface area contributed by atoms with Crippen LogP contribution in [0, 0.1) is 13.8 Å². The molecule has 0 atom stereocenters. The van der Waals surface area contributed by atoms with Gasteiger partial charge in [-0.1, -0.05) is 11.6 Å². The first-order valence-electron chi connectivity index (χ1n) is 12.1. The van der Waals surface area contributed by atoms with Gasteiger partial charge in [0.05, 0.1) is 17.0 Å². The van der Waals surface area contributed by atoms with E-state index in [0.29, 0.717) is 13.2 Å². The summed E-state index contributed by atoms with van der Waals surface area (Å²) in [6.45, 7) is 6.12. The fourth-order valence-corrected chi connectivity index (χ4v) is 5.23. The zero-order valence-electron chi connectivity index (χ0n) is 20.4. The lowest BCUT2D eigenvalue weighted by atomic mass is 9.97. The molecule has 0 spiro atoms.